The van der Waals surface area contributed by atoms with Crippen molar-refractivity contribution in [2.75, 3.05) is 19.6 Å². The van der Waals surface area contributed by atoms with E-state index in [-0.39, 0.29) is 24.2 Å². The molecule has 4 rings (SSSR count). The van der Waals surface area contributed by atoms with E-state index in [1.807, 2.05) is 0 Å². The van der Waals surface area contributed by atoms with E-state index in [4.69, 9.17) is 4.52 Å². The molecule has 1 amide bonds. The number of piperidine rings is 1. The van der Waals surface area contributed by atoms with E-state index >= 15 is 0 Å². The molecule has 24 heavy (non-hydrogen) atoms. The van der Waals surface area contributed by atoms with Crippen molar-refractivity contribution >= 4 is 18.3 Å². The largest absolute Gasteiger partial charge is 0.341 e. The maximum absolute atomic E-state index is 13.3. The second-order valence-corrected chi connectivity index (χ2v) is 6.88. The van der Waals surface area contributed by atoms with Crippen molar-refractivity contribution in [1.82, 2.24) is 20.4 Å². The van der Waals surface area contributed by atoms with E-state index in [0.717, 1.165) is 25.7 Å². The molecule has 9 heteroatoms. The quantitative estimate of drug-likeness (QED) is 0.891. The molecule has 0 radical (unpaired) electrons. The van der Waals surface area contributed by atoms with Gasteiger partial charge in [-0.25, -0.2) is 8.78 Å². The third-order valence-electron chi connectivity index (χ3n) is 4.89. The highest BCUT2D eigenvalue weighted by Gasteiger charge is 2.44. The van der Waals surface area contributed by atoms with Crippen LogP contribution in [0.5, 0.6) is 0 Å². The number of hydrogen-bond donors (Lipinski definition) is 1. The smallest absolute Gasteiger partial charge is 0.262 e. The van der Waals surface area contributed by atoms with Crippen molar-refractivity contribution in [2.45, 2.75) is 55.9 Å². The molecule has 1 aliphatic carbocycles. The normalized spacial score (nSPS) is 29.3. The third-order valence-corrected chi connectivity index (χ3v) is 4.89. The SMILES string of the molecule is Cl.O=C(C1CC(F)(F)CN1)N1CCCC(c2noc(C3CC3)n2)C1. The number of likely N-dealkylation sites (tertiary alicyclic amines) is 1. The molecule has 3 heterocycles. The lowest BCUT2D eigenvalue weighted by Crippen LogP contribution is -2.47. The van der Waals surface area contributed by atoms with Gasteiger partial charge in [-0.1, -0.05) is 5.16 Å². The molecule has 6 nitrogen and oxygen atoms in total. The lowest BCUT2D eigenvalue weighted by Gasteiger charge is -2.33. The zero-order valence-corrected chi connectivity index (χ0v) is 14.0. The number of carbonyl (C=O) groups is 1. The Morgan fingerprint density at radius 1 is 1.29 bits per heavy atom. The third kappa shape index (κ3) is 3.54. The van der Waals surface area contributed by atoms with Gasteiger partial charge in [0.05, 0.1) is 12.6 Å². The highest BCUT2D eigenvalue weighted by Crippen LogP contribution is 2.39. The van der Waals surface area contributed by atoms with Gasteiger partial charge in [-0.3, -0.25) is 10.1 Å². The van der Waals surface area contributed by atoms with Crippen LogP contribution >= 0.6 is 12.4 Å². The van der Waals surface area contributed by atoms with Crippen LogP contribution < -0.4 is 5.32 Å². The molecule has 3 aliphatic rings. The summed E-state index contributed by atoms with van der Waals surface area (Å²) in [7, 11) is 0. The number of aromatic nitrogens is 2. The zero-order chi connectivity index (χ0) is 16.0. The summed E-state index contributed by atoms with van der Waals surface area (Å²) in [5, 5.41) is 6.69. The molecule has 2 aliphatic heterocycles. The minimum Gasteiger partial charge on any atom is -0.341 e. The molecule has 3 fully saturated rings. The van der Waals surface area contributed by atoms with Gasteiger partial charge in [0.25, 0.3) is 5.92 Å². The van der Waals surface area contributed by atoms with Gasteiger partial charge in [-0.05, 0) is 25.7 Å². The fourth-order valence-electron chi connectivity index (χ4n) is 3.41. The Bertz CT molecular complexity index is 608. The number of rotatable bonds is 3. The summed E-state index contributed by atoms with van der Waals surface area (Å²) in [5.41, 5.74) is 0. The molecule has 134 valence electrons. The van der Waals surface area contributed by atoms with Crippen LogP contribution in [0.15, 0.2) is 4.52 Å². The van der Waals surface area contributed by atoms with Crippen molar-refractivity contribution in [3.63, 3.8) is 0 Å². The number of carbonyl (C=O) groups excluding carboxylic acids is 1. The van der Waals surface area contributed by atoms with Crippen LogP contribution in [0.2, 0.25) is 0 Å². The Hall–Kier alpha value is -1.28. The van der Waals surface area contributed by atoms with E-state index in [1.165, 1.54) is 0 Å². The van der Waals surface area contributed by atoms with Crippen LogP contribution in [0.25, 0.3) is 0 Å². The monoisotopic (exact) mass is 362 g/mol. The van der Waals surface area contributed by atoms with Gasteiger partial charge in [-0.15, -0.1) is 12.4 Å². The number of nitrogens with zero attached hydrogens (tertiary/aromatic N) is 3. The Morgan fingerprint density at radius 2 is 2.08 bits per heavy atom. The first-order chi connectivity index (χ1) is 11.0. The molecule has 1 N–H and O–H groups in total. The Morgan fingerprint density at radius 3 is 2.75 bits per heavy atom. The van der Waals surface area contributed by atoms with Gasteiger partial charge in [0.1, 0.15) is 0 Å². The summed E-state index contributed by atoms with van der Waals surface area (Å²) in [5.74, 6) is -1.25. The van der Waals surface area contributed by atoms with E-state index in [9.17, 15) is 13.6 Å². The van der Waals surface area contributed by atoms with E-state index in [0.29, 0.717) is 30.7 Å². The maximum Gasteiger partial charge on any atom is 0.262 e. The lowest BCUT2D eigenvalue weighted by atomic mass is 9.96. The fourth-order valence-corrected chi connectivity index (χ4v) is 3.41. The second-order valence-electron chi connectivity index (χ2n) is 6.88. The van der Waals surface area contributed by atoms with E-state index in [2.05, 4.69) is 15.5 Å². The number of nitrogens with one attached hydrogen (secondary N) is 1. The molecular weight excluding hydrogens is 342 g/mol. The molecule has 1 saturated carbocycles. The van der Waals surface area contributed by atoms with Crippen LogP contribution in [-0.4, -0.2) is 52.5 Å². The fraction of sp³-hybridized carbons (Fsp3) is 0.800. The minimum absolute atomic E-state index is 0. The summed E-state index contributed by atoms with van der Waals surface area (Å²) in [6, 6.07) is -0.781. The van der Waals surface area contributed by atoms with Crippen LogP contribution in [0.4, 0.5) is 8.78 Å². The lowest BCUT2D eigenvalue weighted by molar-refractivity contribution is -0.135. The summed E-state index contributed by atoms with van der Waals surface area (Å²) in [4.78, 5) is 18.6. The molecule has 1 aromatic rings. The summed E-state index contributed by atoms with van der Waals surface area (Å²) < 4.78 is 31.9. The molecule has 2 unspecified atom stereocenters. The highest BCUT2D eigenvalue weighted by molar-refractivity contribution is 5.85. The van der Waals surface area contributed by atoms with Crippen molar-refractivity contribution in [3.05, 3.63) is 11.7 Å². The van der Waals surface area contributed by atoms with Crippen LogP contribution in [-0.2, 0) is 4.79 Å². The molecular formula is C15H21ClF2N4O2. The van der Waals surface area contributed by atoms with Gasteiger partial charge in [0.15, 0.2) is 5.82 Å². The van der Waals surface area contributed by atoms with Gasteiger partial charge in [0.2, 0.25) is 11.8 Å². The first-order valence-electron chi connectivity index (χ1n) is 8.25. The Balaban J connectivity index is 0.00000169. The molecule has 0 aromatic carbocycles. The standard InChI is InChI=1S/C15H20F2N4O2.ClH/c16-15(17)6-11(18-8-15)14(22)21-5-1-2-10(7-21)12-19-13(23-20-12)9-3-4-9;/h9-11,18H,1-8H2;1H. The average molecular weight is 363 g/mol. The van der Waals surface area contributed by atoms with Gasteiger partial charge < -0.3 is 9.42 Å². The predicted octanol–water partition coefficient (Wildman–Crippen LogP) is 2.07. The first kappa shape index (κ1) is 17.5. The van der Waals surface area contributed by atoms with Crippen LogP contribution in [0.1, 0.15) is 55.7 Å². The molecule has 1 aromatic heterocycles. The molecule has 2 saturated heterocycles. The van der Waals surface area contributed by atoms with Gasteiger partial charge in [-0.2, -0.15) is 4.98 Å². The first-order valence-corrected chi connectivity index (χ1v) is 8.25. The number of amides is 1. The Labute approximate surface area is 144 Å². The van der Waals surface area contributed by atoms with Gasteiger partial charge >= 0.3 is 0 Å². The van der Waals surface area contributed by atoms with Crippen molar-refractivity contribution in [1.29, 1.82) is 0 Å². The predicted molar refractivity (Wildman–Crippen MR) is 83.4 cm³/mol. The summed E-state index contributed by atoms with van der Waals surface area (Å²) >= 11 is 0. The highest BCUT2D eigenvalue weighted by atomic mass is 35.5. The van der Waals surface area contributed by atoms with Crippen LogP contribution in [0.3, 0.4) is 0 Å². The molecule has 0 spiro atoms. The summed E-state index contributed by atoms with van der Waals surface area (Å²) in [6.45, 7) is 0.662. The van der Waals surface area contributed by atoms with Crippen LogP contribution in [0, 0.1) is 0 Å². The van der Waals surface area contributed by atoms with Crippen molar-refractivity contribution < 1.29 is 18.1 Å². The maximum atomic E-state index is 13.3. The van der Waals surface area contributed by atoms with Gasteiger partial charge in [0, 0.05) is 31.3 Å². The van der Waals surface area contributed by atoms with E-state index in [1.54, 1.807) is 4.90 Å². The second kappa shape index (κ2) is 6.55. The number of halogens is 3. The molecule has 2 atom stereocenters. The number of alkyl halides is 2. The van der Waals surface area contributed by atoms with E-state index < -0.39 is 24.9 Å². The number of hydrogen-bond acceptors (Lipinski definition) is 5. The summed E-state index contributed by atoms with van der Waals surface area (Å²) in [6.07, 6.45) is 3.49. The zero-order valence-electron chi connectivity index (χ0n) is 13.2. The topological polar surface area (TPSA) is 71.3 Å². The Kier molecular flexibility index (Phi) is 4.79. The molecule has 0 bridgehead atoms. The van der Waals surface area contributed by atoms with Crippen molar-refractivity contribution in [2.24, 2.45) is 0 Å². The minimum atomic E-state index is -2.79. The average Bonchev–Trinajstić information content (AvgIpc) is 3.16. The van der Waals surface area contributed by atoms with Crippen molar-refractivity contribution in [3.8, 4) is 0 Å².